The van der Waals surface area contributed by atoms with Crippen molar-refractivity contribution in [3.8, 4) is 10.6 Å². The molecule has 4 heterocycles. The summed E-state index contributed by atoms with van der Waals surface area (Å²) >= 11 is 1.25. The lowest BCUT2D eigenvalue weighted by Crippen LogP contribution is -2.24. The average molecular weight is 404 g/mol. The smallest absolute Gasteiger partial charge is 0.345 e. The Morgan fingerprint density at radius 3 is 2.75 bits per heavy atom. The number of rotatable bonds is 4. The van der Waals surface area contributed by atoms with Crippen molar-refractivity contribution in [2.24, 2.45) is 0 Å². The SMILES string of the molecule is O=C(NCc1cccnc1)c1nc2nc(-c3cccs3)cc(C(F)(F)F)n2n1. The van der Waals surface area contributed by atoms with Gasteiger partial charge in [0.15, 0.2) is 5.69 Å². The molecule has 0 aliphatic rings. The van der Waals surface area contributed by atoms with Crippen molar-refractivity contribution >= 4 is 23.0 Å². The van der Waals surface area contributed by atoms with Gasteiger partial charge in [-0.3, -0.25) is 9.78 Å². The Hall–Kier alpha value is -3.34. The van der Waals surface area contributed by atoms with E-state index in [1.165, 1.54) is 11.3 Å². The van der Waals surface area contributed by atoms with Crippen molar-refractivity contribution in [1.82, 2.24) is 29.9 Å². The molecule has 142 valence electrons. The summed E-state index contributed by atoms with van der Waals surface area (Å²) in [5, 5.41) is 8.00. The molecule has 0 atom stereocenters. The maximum Gasteiger partial charge on any atom is 0.433 e. The number of halogens is 3. The minimum atomic E-state index is -4.69. The molecule has 0 saturated heterocycles. The van der Waals surface area contributed by atoms with Gasteiger partial charge in [0.25, 0.3) is 11.7 Å². The first-order chi connectivity index (χ1) is 13.4. The van der Waals surface area contributed by atoms with Crippen LogP contribution in [0.2, 0.25) is 0 Å². The molecule has 0 unspecified atom stereocenters. The van der Waals surface area contributed by atoms with Crippen molar-refractivity contribution in [3.63, 3.8) is 0 Å². The predicted molar refractivity (Wildman–Crippen MR) is 94.5 cm³/mol. The van der Waals surface area contributed by atoms with E-state index in [1.807, 2.05) is 0 Å². The lowest BCUT2D eigenvalue weighted by molar-refractivity contribution is -0.142. The quantitative estimate of drug-likeness (QED) is 0.565. The van der Waals surface area contributed by atoms with Gasteiger partial charge in [0.1, 0.15) is 0 Å². The second-order valence-electron chi connectivity index (χ2n) is 5.69. The van der Waals surface area contributed by atoms with Crippen molar-refractivity contribution in [3.05, 3.63) is 65.2 Å². The maximum absolute atomic E-state index is 13.5. The molecule has 1 amide bonds. The lowest BCUT2D eigenvalue weighted by Gasteiger charge is -2.09. The fourth-order valence-corrected chi connectivity index (χ4v) is 3.17. The number of aromatic nitrogens is 5. The van der Waals surface area contributed by atoms with Crippen LogP contribution in [0, 0.1) is 0 Å². The highest BCUT2D eigenvalue weighted by Gasteiger charge is 2.36. The van der Waals surface area contributed by atoms with Gasteiger partial charge < -0.3 is 5.32 Å². The van der Waals surface area contributed by atoms with Crippen LogP contribution in [0.15, 0.2) is 48.1 Å². The molecule has 0 spiro atoms. The molecule has 0 radical (unpaired) electrons. The standard InChI is InChI=1S/C17H11F3N6OS/c18-17(19,20)13-7-11(12-4-2-6-28-12)23-16-24-14(25-26(13)16)15(27)22-9-10-3-1-5-21-8-10/h1-8H,9H2,(H,22,27). The molecule has 0 saturated carbocycles. The van der Waals surface area contributed by atoms with Crippen LogP contribution in [-0.4, -0.2) is 30.5 Å². The van der Waals surface area contributed by atoms with E-state index in [2.05, 4.69) is 25.4 Å². The van der Waals surface area contributed by atoms with Gasteiger partial charge in [-0.1, -0.05) is 12.1 Å². The zero-order chi connectivity index (χ0) is 19.7. The van der Waals surface area contributed by atoms with Gasteiger partial charge in [-0.2, -0.15) is 22.7 Å². The van der Waals surface area contributed by atoms with Gasteiger partial charge in [0, 0.05) is 18.9 Å². The summed E-state index contributed by atoms with van der Waals surface area (Å²) in [5.74, 6) is -1.41. The van der Waals surface area contributed by atoms with Gasteiger partial charge in [-0.25, -0.2) is 4.98 Å². The molecule has 0 aliphatic carbocycles. The molecule has 7 nitrogen and oxygen atoms in total. The zero-order valence-electron chi connectivity index (χ0n) is 14.0. The molecule has 0 bridgehead atoms. The Morgan fingerprint density at radius 2 is 2.07 bits per heavy atom. The minimum absolute atomic E-state index is 0.115. The van der Waals surface area contributed by atoms with Gasteiger partial charge in [-0.05, 0) is 29.1 Å². The summed E-state index contributed by atoms with van der Waals surface area (Å²) in [6, 6.07) is 7.71. The van der Waals surface area contributed by atoms with Gasteiger partial charge in [0.05, 0.1) is 10.6 Å². The van der Waals surface area contributed by atoms with Crippen LogP contribution < -0.4 is 5.32 Å². The number of nitrogens with one attached hydrogen (secondary N) is 1. The van der Waals surface area contributed by atoms with Gasteiger partial charge >= 0.3 is 6.18 Å². The van der Waals surface area contributed by atoms with E-state index >= 15 is 0 Å². The first-order valence-corrected chi connectivity index (χ1v) is 8.86. The Kier molecular flexibility index (Phi) is 4.51. The summed E-state index contributed by atoms with van der Waals surface area (Å²) in [7, 11) is 0. The summed E-state index contributed by atoms with van der Waals surface area (Å²) in [6.45, 7) is 0.141. The second kappa shape index (κ2) is 7.00. The lowest BCUT2D eigenvalue weighted by atomic mass is 10.3. The molecule has 28 heavy (non-hydrogen) atoms. The minimum Gasteiger partial charge on any atom is -0.345 e. The number of fused-ring (bicyclic) bond motifs is 1. The largest absolute Gasteiger partial charge is 0.433 e. The summed E-state index contributed by atoms with van der Waals surface area (Å²) in [5.41, 5.74) is -0.210. The third-order valence-electron chi connectivity index (χ3n) is 3.76. The van der Waals surface area contributed by atoms with E-state index in [0.717, 1.165) is 11.6 Å². The van der Waals surface area contributed by atoms with Crippen LogP contribution in [0.1, 0.15) is 21.9 Å². The summed E-state index contributed by atoms with van der Waals surface area (Å²) in [4.78, 5) is 24.8. The van der Waals surface area contributed by atoms with Crippen LogP contribution in [0.3, 0.4) is 0 Å². The predicted octanol–water partition coefficient (Wildman–Crippen LogP) is 3.20. The zero-order valence-corrected chi connectivity index (χ0v) is 14.8. The molecule has 1 N–H and O–H groups in total. The van der Waals surface area contributed by atoms with Crippen LogP contribution in [-0.2, 0) is 12.7 Å². The first kappa shape index (κ1) is 18.0. The Balaban J connectivity index is 1.70. The number of hydrogen-bond donors (Lipinski definition) is 1. The van der Waals surface area contributed by atoms with E-state index in [0.29, 0.717) is 9.39 Å². The Labute approximate surface area is 159 Å². The molecule has 4 rings (SSSR count). The fraction of sp³-hybridized carbons (Fsp3) is 0.118. The maximum atomic E-state index is 13.5. The van der Waals surface area contributed by atoms with E-state index in [1.54, 1.807) is 42.0 Å². The molecule has 0 fully saturated rings. The third kappa shape index (κ3) is 3.56. The second-order valence-corrected chi connectivity index (χ2v) is 6.64. The van der Waals surface area contributed by atoms with E-state index < -0.39 is 23.6 Å². The van der Waals surface area contributed by atoms with E-state index in [-0.39, 0.29) is 18.0 Å². The van der Waals surface area contributed by atoms with Crippen molar-refractivity contribution < 1.29 is 18.0 Å². The number of thiophene rings is 1. The monoisotopic (exact) mass is 404 g/mol. The molecule has 11 heteroatoms. The van der Waals surface area contributed by atoms with E-state index in [9.17, 15) is 18.0 Å². The fourth-order valence-electron chi connectivity index (χ4n) is 2.48. The highest BCUT2D eigenvalue weighted by Crippen LogP contribution is 2.32. The van der Waals surface area contributed by atoms with E-state index in [4.69, 9.17) is 0 Å². The average Bonchev–Trinajstić information content (AvgIpc) is 3.34. The Bertz CT molecular complexity index is 1130. The number of amides is 1. The molecule has 4 aromatic heterocycles. The normalized spacial score (nSPS) is 11.7. The van der Waals surface area contributed by atoms with Crippen LogP contribution >= 0.6 is 11.3 Å². The number of alkyl halides is 3. The van der Waals surface area contributed by atoms with Crippen molar-refractivity contribution in [2.75, 3.05) is 0 Å². The van der Waals surface area contributed by atoms with Crippen LogP contribution in [0.5, 0.6) is 0 Å². The number of hydrogen-bond acceptors (Lipinski definition) is 6. The van der Waals surface area contributed by atoms with Gasteiger partial charge in [0.2, 0.25) is 5.82 Å². The topological polar surface area (TPSA) is 85.1 Å². The molecular formula is C17H11F3N6OS. The Morgan fingerprint density at radius 1 is 1.21 bits per heavy atom. The first-order valence-electron chi connectivity index (χ1n) is 7.98. The number of pyridine rings is 1. The molecule has 0 aliphatic heterocycles. The van der Waals surface area contributed by atoms with Gasteiger partial charge in [-0.15, -0.1) is 16.4 Å². The van der Waals surface area contributed by atoms with Crippen molar-refractivity contribution in [1.29, 1.82) is 0 Å². The molecule has 4 aromatic rings. The highest BCUT2D eigenvalue weighted by molar-refractivity contribution is 7.13. The summed E-state index contributed by atoms with van der Waals surface area (Å²) in [6.07, 6.45) is -1.54. The third-order valence-corrected chi connectivity index (χ3v) is 4.65. The molecule has 0 aromatic carbocycles. The van der Waals surface area contributed by atoms with Crippen LogP contribution in [0.25, 0.3) is 16.3 Å². The molecular weight excluding hydrogens is 393 g/mol. The summed E-state index contributed by atoms with van der Waals surface area (Å²) < 4.78 is 41.0. The number of carbonyl (C=O) groups is 1. The highest BCUT2D eigenvalue weighted by atomic mass is 32.1. The number of nitrogens with zero attached hydrogens (tertiary/aromatic N) is 5. The van der Waals surface area contributed by atoms with Crippen LogP contribution in [0.4, 0.5) is 13.2 Å². The van der Waals surface area contributed by atoms with Crippen molar-refractivity contribution in [2.45, 2.75) is 12.7 Å². The number of carbonyl (C=O) groups excluding carboxylic acids is 1.